The number of aliphatic hydroxyl groups excluding tert-OH is 8. The van der Waals surface area contributed by atoms with Crippen LogP contribution in [-0.2, 0) is 23.7 Å². The van der Waals surface area contributed by atoms with Crippen LogP contribution in [0.25, 0.3) is 0 Å². The van der Waals surface area contributed by atoms with E-state index in [1.807, 2.05) is 6.08 Å². The molecule has 0 bridgehead atoms. The van der Waals surface area contributed by atoms with E-state index >= 15 is 0 Å². The van der Waals surface area contributed by atoms with Crippen molar-refractivity contribution >= 4 is 5.91 Å². The van der Waals surface area contributed by atoms with Gasteiger partial charge in [0.1, 0.15) is 48.8 Å². The van der Waals surface area contributed by atoms with E-state index in [2.05, 4.69) is 79.9 Å². The molecule has 0 aromatic carbocycles. The van der Waals surface area contributed by atoms with Gasteiger partial charge in [-0.05, 0) is 70.6 Å². The second kappa shape index (κ2) is 58.3. The van der Waals surface area contributed by atoms with Crippen molar-refractivity contribution in [2.75, 3.05) is 19.8 Å². The molecule has 512 valence electrons. The second-order valence-electron chi connectivity index (χ2n) is 25.3. The average molecular weight is 1240 g/mol. The molecule has 0 radical (unpaired) electrons. The molecule has 0 aromatic rings. The number of nitrogens with one attached hydrogen (secondary N) is 1. The van der Waals surface area contributed by atoms with Crippen LogP contribution in [0.5, 0.6) is 0 Å². The number of hydrogen-bond donors (Lipinski definition) is 9. The molecule has 2 heterocycles. The predicted molar refractivity (Wildman–Crippen MR) is 360 cm³/mol. The van der Waals surface area contributed by atoms with E-state index in [0.717, 1.165) is 57.8 Å². The van der Waals surface area contributed by atoms with E-state index in [9.17, 15) is 45.6 Å². The van der Waals surface area contributed by atoms with Crippen molar-refractivity contribution in [1.29, 1.82) is 0 Å². The van der Waals surface area contributed by atoms with Crippen LogP contribution >= 0.6 is 0 Å². The molecule has 2 fully saturated rings. The van der Waals surface area contributed by atoms with Gasteiger partial charge in [-0.3, -0.25) is 4.79 Å². The van der Waals surface area contributed by atoms with Crippen molar-refractivity contribution in [3.63, 3.8) is 0 Å². The Morgan fingerprint density at radius 2 is 0.795 bits per heavy atom. The summed E-state index contributed by atoms with van der Waals surface area (Å²) in [6.07, 6.45) is 62.5. The lowest BCUT2D eigenvalue weighted by atomic mass is 9.97. The number of amides is 1. The van der Waals surface area contributed by atoms with Crippen LogP contribution in [0.15, 0.2) is 72.9 Å². The zero-order valence-electron chi connectivity index (χ0n) is 55.7. The summed E-state index contributed by atoms with van der Waals surface area (Å²) >= 11 is 0. The molecule has 9 N–H and O–H groups in total. The fourth-order valence-corrected chi connectivity index (χ4v) is 11.7. The molecule has 14 heteroatoms. The average Bonchev–Trinajstić information content (AvgIpc) is 2.07. The highest BCUT2D eigenvalue weighted by Crippen LogP contribution is 2.30. The van der Waals surface area contributed by atoms with Gasteiger partial charge >= 0.3 is 0 Å². The minimum Gasteiger partial charge on any atom is -0.394 e. The first-order chi connectivity index (χ1) is 43.1. The van der Waals surface area contributed by atoms with Gasteiger partial charge in [-0.15, -0.1) is 0 Å². The van der Waals surface area contributed by atoms with Crippen LogP contribution in [-0.4, -0.2) is 140 Å². The van der Waals surface area contributed by atoms with E-state index in [4.69, 9.17) is 18.9 Å². The van der Waals surface area contributed by atoms with Crippen molar-refractivity contribution in [2.45, 2.75) is 370 Å². The molecule has 12 atom stereocenters. The summed E-state index contributed by atoms with van der Waals surface area (Å²) in [7, 11) is 0. The zero-order valence-corrected chi connectivity index (χ0v) is 55.7. The van der Waals surface area contributed by atoms with Crippen molar-refractivity contribution in [2.24, 2.45) is 0 Å². The molecule has 0 spiro atoms. The Morgan fingerprint density at radius 3 is 1.25 bits per heavy atom. The summed E-state index contributed by atoms with van der Waals surface area (Å²) in [5.74, 6) is -0.247. The molecule has 2 aliphatic rings. The van der Waals surface area contributed by atoms with E-state index < -0.39 is 86.8 Å². The summed E-state index contributed by atoms with van der Waals surface area (Å²) in [5, 5.41) is 87.5. The number of allylic oxidation sites excluding steroid dienone is 11. The van der Waals surface area contributed by atoms with Crippen molar-refractivity contribution in [3.05, 3.63) is 72.9 Å². The number of rotatable bonds is 59. The van der Waals surface area contributed by atoms with Crippen molar-refractivity contribution in [1.82, 2.24) is 5.32 Å². The number of ether oxygens (including phenoxy) is 4. The Labute approximate surface area is 536 Å². The van der Waals surface area contributed by atoms with Gasteiger partial charge in [0.05, 0.1) is 32.0 Å². The number of unbranched alkanes of at least 4 members (excludes halogenated alkanes) is 36. The van der Waals surface area contributed by atoms with Crippen molar-refractivity contribution < 1.29 is 64.6 Å². The first-order valence-corrected chi connectivity index (χ1v) is 36.2. The lowest BCUT2D eigenvalue weighted by Crippen LogP contribution is -2.65. The molecule has 12 unspecified atom stereocenters. The normalized spacial score (nSPS) is 23.6. The highest BCUT2D eigenvalue weighted by atomic mass is 16.7. The third kappa shape index (κ3) is 41.8. The van der Waals surface area contributed by atoms with Gasteiger partial charge in [0.15, 0.2) is 12.6 Å². The number of carbonyl (C=O) groups excluding carboxylic acids is 1. The van der Waals surface area contributed by atoms with Gasteiger partial charge in [0, 0.05) is 6.42 Å². The maximum absolute atomic E-state index is 13.3. The summed E-state index contributed by atoms with van der Waals surface area (Å²) < 4.78 is 22.9. The van der Waals surface area contributed by atoms with E-state index in [1.165, 1.54) is 205 Å². The monoisotopic (exact) mass is 1240 g/mol. The summed E-state index contributed by atoms with van der Waals surface area (Å²) in [6.45, 7) is 2.71. The van der Waals surface area contributed by atoms with Crippen LogP contribution in [0, 0.1) is 0 Å². The maximum Gasteiger partial charge on any atom is 0.220 e. The molecule has 0 aliphatic carbocycles. The van der Waals surface area contributed by atoms with Crippen LogP contribution in [0.3, 0.4) is 0 Å². The Balaban J connectivity index is 1.68. The quantitative estimate of drug-likeness (QED) is 0.0204. The maximum atomic E-state index is 13.3. The van der Waals surface area contributed by atoms with Crippen LogP contribution in [0.2, 0.25) is 0 Å². The zero-order chi connectivity index (χ0) is 63.8. The van der Waals surface area contributed by atoms with Crippen LogP contribution in [0.1, 0.15) is 296 Å². The molecule has 1 amide bonds. The summed E-state index contributed by atoms with van der Waals surface area (Å²) in [4.78, 5) is 13.3. The van der Waals surface area contributed by atoms with Gasteiger partial charge in [0.25, 0.3) is 0 Å². The first-order valence-electron chi connectivity index (χ1n) is 36.2. The number of hydrogen-bond acceptors (Lipinski definition) is 13. The first kappa shape index (κ1) is 81.5. The summed E-state index contributed by atoms with van der Waals surface area (Å²) in [5.41, 5.74) is 0. The van der Waals surface area contributed by atoms with E-state index in [0.29, 0.717) is 12.8 Å². The highest BCUT2D eigenvalue weighted by molar-refractivity contribution is 5.76. The van der Waals surface area contributed by atoms with Gasteiger partial charge in [-0.2, -0.15) is 0 Å². The minimum absolute atomic E-state index is 0.247. The lowest BCUT2D eigenvalue weighted by Gasteiger charge is -2.46. The SMILES string of the molecule is CC/C=C\C/C=C\C/C=C\C/C=C\CCCCCCCCCCCCCCCCCCC(=O)NC(COC1OC(CO)C(OC2OC(CO)C(O)C(O)C2O)C(O)C1O)C(O)/C=C/CC/C=C/CCCCCCCCCCCCCCCCCCCCC. The van der Waals surface area contributed by atoms with Gasteiger partial charge in [0.2, 0.25) is 5.91 Å². The van der Waals surface area contributed by atoms with Crippen LogP contribution < -0.4 is 5.32 Å². The molecular formula is C74H133NO13. The number of carbonyl (C=O) groups is 1. The molecule has 14 nitrogen and oxygen atoms in total. The van der Waals surface area contributed by atoms with Gasteiger partial charge in [-0.1, -0.05) is 292 Å². The molecule has 2 rings (SSSR count). The topological polar surface area (TPSA) is 228 Å². The molecule has 0 aromatic heterocycles. The molecule has 2 aliphatic heterocycles. The third-order valence-electron chi connectivity index (χ3n) is 17.4. The van der Waals surface area contributed by atoms with Crippen molar-refractivity contribution in [3.8, 4) is 0 Å². The van der Waals surface area contributed by atoms with Crippen LogP contribution in [0.4, 0.5) is 0 Å². The third-order valence-corrected chi connectivity index (χ3v) is 17.4. The van der Waals surface area contributed by atoms with Gasteiger partial charge < -0.3 is 65.1 Å². The molecule has 2 saturated heterocycles. The summed E-state index contributed by atoms with van der Waals surface area (Å²) in [6, 6.07) is -0.935. The lowest BCUT2D eigenvalue weighted by molar-refractivity contribution is -0.359. The van der Waals surface area contributed by atoms with E-state index in [1.54, 1.807) is 6.08 Å². The Hall–Kier alpha value is -2.57. The Bertz CT molecular complexity index is 1750. The van der Waals surface area contributed by atoms with Gasteiger partial charge in [-0.25, -0.2) is 0 Å². The Kier molecular flexibility index (Phi) is 54.0. The second-order valence-corrected chi connectivity index (χ2v) is 25.3. The fraction of sp³-hybridized carbons (Fsp3) is 0.824. The molecule has 88 heavy (non-hydrogen) atoms. The van der Waals surface area contributed by atoms with E-state index in [-0.39, 0.29) is 18.9 Å². The Morgan fingerprint density at radius 1 is 0.420 bits per heavy atom. The molecular weight excluding hydrogens is 1110 g/mol. The standard InChI is InChI=1S/C74H133NO13/c1-3-5-7-9-11-13-15-17-19-21-23-25-27-29-30-31-32-34-36-38-40-42-44-46-48-50-52-54-56-58-66(79)75-62(61-85-73-71(84)69(82)72(65(60-77)87-73)88-74-70(83)68(81)67(80)64(59-76)86-74)63(78)57-55-53-51-49-47-45-43-41-39-37-35-33-28-26-24-22-20-18-16-14-12-10-8-6-4-2/h5,7,11,13,17,19,23,25,47,49,55,57,62-65,67-74,76-78,80-84H,3-4,6,8-10,12,14-16,18,20-22,24,26-46,48,50-54,56,58-61H2,1-2H3,(H,75,79)/b7-5-,13-11-,19-17-,25-23-,49-47+,57-55+. The predicted octanol–water partition coefficient (Wildman–Crippen LogP) is 15.0. The fourth-order valence-electron chi connectivity index (χ4n) is 11.7. The smallest absolute Gasteiger partial charge is 0.220 e. The largest absolute Gasteiger partial charge is 0.394 e. The highest BCUT2D eigenvalue weighted by Gasteiger charge is 2.51. The molecule has 0 saturated carbocycles. The minimum atomic E-state index is -1.79. The number of aliphatic hydroxyl groups is 8.